The van der Waals surface area contributed by atoms with Gasteiger partial charge in [-0.3, -0.25) is 0 Å². The van der Waals surface area contributed by atoms with Crippen molar-refractivity contribution < 1.29 is 4.74 Å². The lowest BCUT2D eigenvalue weighted by molar-refractivity contribution is 0.398. The van der Waals surface area contributed by atoms with Gasteiger partial charge in [0.2, 0.25) is 5.88 Å². The van der Waals surface area contributed by atoms with Crippen molar-refractivity contribution in [3.05, 3.63) is 23.9 Å². The van der Waals surface area contributed by atoms with E-state index in [1.54, 1.807) is 12.3 Å². The molecule has 2 rings (SSSR count). The molecule has 0 amide bonds. The Kier molecular flexibility index (Phi) is 1.64. The summed E-state index contributed by atoms with van der Waals surface area (Å²) in [5.41, 5.74) is 1.19. The van der Waals surface area contributed by atoms with Gasteiger partial charge in [-0.1, -0.05) is 0 Å². The predicted octanol–water partition coefficient (Wildman–Crippen LogP) is 1.44. The molecule has 2 aromatic heterocycles. The van der Waals surface area contributed by atoms with Crippen LogP contribution < -0.4 is 4.74 Å². The van der Waals surface area contributed by atoms with E-state index in [4.69, 9.17) is 10.00 Å². The van der Waals surface area contributed by atoms with Gasteiger partial charge in [-0.2, -0.15) is 10.2 Å². The standard InChI is InChI=1S/C9H7N3O/c1-13-9-7(5-10)4-6-2-3-11-8(6)12-9/h2-4H,1H3,(H,11,12). The molecule has 4 nitrogen and oxygen atoms in total. The minimum atomic E-state index is 0.359. The molecule has 0 saturated heterocycles. The van der Waals surface area contributed by atoms with Crippen LogP contribution in [0.4, 0.5) is 0 Å². The SMILES string of the molecule is COc1nc2[nH]ccc2cc1C#N. The summed E-state index contributed by atoms with van der Waals surface area (Å²) in [5, 5.41) is 9.68. The summed E-state index contributed by atoms with van der Waals surface area (Å²) in [4.78, 5) is 7.07. The Morgan fingerprint density at radius 1 is 1.62 bits per heavy atom. The first-order valence-electron chi connectivity index (χ1n) is 3.77. The number of ether oxygens (including phenoxy) is 1. The summed E-state index contributed by atoms with van der Waals surface area (Å²) in [6.07, 6.45) is 1.78. The molecule has 0 aliphatic heterocycles. The van der Waals surface area contributed by atoms with Crippen molar-refractivity contribution in [1.82, 2.24) is 9.97 Å². The second-order valence-corrected chi connectivity index (χ2v) is 2.57. The topological polar surface area (TPSA) is 61.7 Å². The second-order valence-electron chi connectivity index (χ2n) is 2.57. The lowest BCUT2D eigenvalue weighted by atomic mass is 10.2. The van der Waals surface area contributed by atoms with Crippen LogP contribution in [0.5, 0.6) is 5.88 Å². The minimum absolute atomic E-state index is 0.359. The number of nitriles is 1. The molecule has 4 heteroatoms. The first kappa shape index (κ1) is 7.62. The van der Waals surface area contributed by atoms with Crippen LogP contribution in [-0.4, -0.2) is 17.1 Å². The minimum Gasteiger partial charge on any atom is -0.480 e. The Labute approximate surface area is 74.8 Å². The van der Waals surface area contributed by atoms with E-state index in [9.17, 15) is 0 Å². The van der Waals surface area contributed by atoms with E-state index >= 15 is 0 Å². The molecule has 0 fully saturated rings. The van der Waals surface area contributed by atoms with Gasteiger partial charge in [0.15, 0.2) is 0 Å². The number of nitrogens with one attached hydrogen (secondary N) is 1. The number of rotatable bonds is 1. The number of pyridine rings is 1. The number of fused-ring (bicyclic) bond motifs is 1. The molecular formula is C9H7N3O. The number of aromatic nitrogens is 2. The molecule has 0 unspecified atom stereocenters. The average Bonchev–Trinajstić information content (AvgIpc) is 2.62. The zero-order valence-corrected chi connectivity index (χ0v) is 7.03. The predicted molar refractivity (Wildman–Crippen MR) is 47.4 cm³/mol. The second kappa shape index (κ2) is 2.79. The number of H-pyrrole nitrogens is 1. The van der Waals surface area contributed by atoms with Gasteiger partial charge < -0.3 is 9.72 Å². The molecule has 2 heterocycles. The number of nitrogens with zero attached hydrogens (tertiary/aromatic N) is 2. The maximum atomic E-state index is 8.77. The zero-order valence-electron chi connectivity index (χ0n) is 7.03. The van der Waals surface area contributed by atoms with Crippen molar-refractivity contribution in [1.29, 1.82) is 5.26 Å². The highest BCUT2D eigenvalue weighted by molar-refractivity contribution is 5.78. The molecule has 0 saturated carbocycles. The van der Waals surface area contributed by atoms with E-state index in [2.05, 4.69) is 9.97 Å². The van der Waals surface area contributed by atoms with Gasteiger partial charge >= 0.3 is 0 Å². The molecular weight excluding hydrogens is 166 g/mol. The molecule has 0 aromatic carbocycles. The third kappa shape index (κ3) is 1.11. The van der Waals surface area contributed by atoms with E-state index in [1.807, 2.05) is 12.1 Å². The largest absolute Gasteiger partial charge is 0.480 e. The van der Waals surface area contributed by atoms with Gasteiger partial charge in [-0.05, 0) is 12.1 Å². The van der Waals surface area contributed by atoms with Crippen LogP contribution in [0, 0.1) is 11.3 Å². The summed E-state index contributed by atoms with van der Waals surface area (Å²) in [7, 11) is 1.50. The van der Waals surface area contributed by atoms with Gasteiger partial charge in [0.1, 0.15) is 17.3 Å². The van der Waals surface area contributed by atoms with Gasteiger partial charge in [0.05, 0.1) is 7.11 Å². The van der Waals surface area contributed by atoms with Gasteiger partial charge in [0.25, 0.3) is 0 Å². The maximum absolute atomic E-state index is 8.77. The summed E-state index contributed by atoms with van der Waals surface area (Å²) in [6.45, 7) is 0. The van der Waals surface area contributed by atoms with Crippen molar-refractivity contribution in [2.45, 2.75) is 0 Å². The van der Waals surface area contributed by atoms with Crippen LogP contribution >= 0.6 is 0 Å². The molecule has 0 radical (unpaired) electrons. The van der Waals surface area contributed by atoms with E-state index in [0.717, 1.165) is 11.0 Å². The van der Waals surface area contributed by atoms with E-state index < -0.39 is 0 Å². The fourth-order valence-corrected chi connectivity index (χ4v) is 1.20. The Balaban J connectivity index is 2.76. The molecule has 13 heavy (non-hydrogen) atoms. The highest BCUT2D eigenvalue weighted by atomic mass is 16.5. The molecule has 0 aliphatic carbocycles. The number of hydrogen-bond acceptors (Lipinski definition) is 3. The molecule has 1 N–H and O–H groups in total. The van der Waals surface area contributed by atoms with Crippen molar-refractivity contribution in [3.8, 4) is 11.9 Å². The quantitative estimate of drug-likeness (QED) is 0.709. The van der Waals surface area contributed by atoms with Crippen LogP contribution in [0.15, 0.2) is 18.3 Å². The first-order chi connectivity index (χ1) is 6.35. The number of aromatic amines is 1. The third-order valence-corrected chi connectivity index (χ3v) is 1.81. The van der Waals surface area contributed by atoms with Crippen molar-refractivity contribution >= 4 is 11.0 Å². The van der Waals surface area contributed by atoms with Gasteiger partial charge in [0, 0.05) is 11.6 Å². The van der Waals surface area contributed by atoms with E-state index in [0.29, 0.717) is 11.4 Å². The van der Waals surface area contributed by atoms with Crippen molar-refractivity contribution in [2.24, 2.45) is 0 Å². The van der Waals surface area contributed by atoms with Crippen LogP contribution in [-0.2, 0) is 0 Å². The summed E-state index contributed by atoms with van der Waals surface area (Å²) >= 11 is 0. The normalized spacial score (nSPS) is 9.85. The zero-order chi connectivity index (χ0) is 9.26. The van der Waals surface area contributed by atoms with E-state index in [-0.39, 0.29) is 0 Å². The highest BCUT2D eigenvalue weighted by Gasteiger charge is 2.06. The monoisotopic (exact) mass is 173 g/mol. The van der Waals surface area contributed by atoms with Crippen LogP contribution in [0.2, 0.25) is 0 Å². The summed E-state index contributed by atoms with van der Waals surface area (Å²) in [5.74, 6) is 0.359. The Morgan fingerprint density at radius 3 is 3.15 bits per heavy atom. The Bertz CT molecular complexity index is 481. The smallest absolute Gasteiger partial charge is 0.233 e. The summed E-state index contributed by atoms with van der Waals surface area (Å²) in [6, 6.07) is 5.64. The Hall–Kier alpha value is -2.02. The first-order valence-corrected chi connectivity index (χ1v) is 3.77. The van der Waals surface area contributed by atoms with E-state index in [1.165, 1.54) is 7.11 Å². The fraction of sp³-hybridized carbons (Fsp3) is 0.111. The van der Waals surface area contributed by atoms with Gasteiger partial charge in [-0.25, -0.2) is 0 Å². The maximum Gasteiger partial charge on any atom is 0.233 e. The highest BCUT2D eigenvalue weighted by Crippen LogP contribution is 2.19. The fourth-order valence-electron chi connectivity index (χ4n) is 1.20. The van der Waals surface area contributed by atoms with Gasteiger partial charge in [-0.15, -0.1) is 0 Å². The molecule has 0 atom stereocenters. The Morgan fingerprint density at radius 2 is 2.46 bits per heavy atom. The molecule has 64 valence electrons. The van der Waals surface area contributed by atoms with Crippen LogP contribution in [0.25, 0.3) is 11.0 Å². The lowest BCUT2D eigenvalue weighted by Gasteiger charge is -2.00. The summed E-state index contributed by atoms with van der Waals surface area (Å²) < 4.78 is 4.96. The average molecular weight is 173 g/mol. The molecule has 0 spiro atoms. The lowest BCUT2D eigenvalue weighted by Crippen LogP contribution is -1.91. The van der Waals surface area contributed by atoms with Crippen molar-refractivity contribution in [3.63, 3.8) is 0 Å². The van der Waals surface area contributed by atoms with Crippen LogP contribution in [0.1, 0.15) is 5.56 Å². The van der Waals surface area contributed by atoms with Crippen LogP contribution in [0.3, 0.4) is 0 Å². The third-order valence-electron chi connectivity index (χ3n) is 1.81. The number of methoxy groups -OCH3 is 1. The number of hydrogen-bond donors (Lipinski definition) is 1. The molecule has 0 bridgehead atoms. The van der Waals surface area contributed by atoms with Crippen molar-refractivity contribution in [2.75, 3.05) is 7.11 Å². The molecule has 2 aromatic rings. The molecule has 0 aliphatic rings.